The third-order valence-electron chi connectivity index (χ3n) is 15.1. The number of fused-ring (bicyclic) bond motifs is 6. The molecule has 0 radical (unpaired) electrons. The van der Waals surface area contributed by atoms with Crippen molar-refractivity contribution in [2.24, 2.45) is 0 Å². The van der Waals surface area contributed by atoms with E-state index in [0.717, 1.165) is 32.8 Å². The molecule has 0 amide bonds. The Morgan fingerprint density at radius 1 is 0.279 bits per heavy atom. The lowest BCUT2D eigenvalue weighted by Crippen LogP contribution is -1.99. The second kappa shape index (κ2) is 14.6. The number of benzene rings is 12. The Bertz CT molecular complexity index is 4070. The van der Waals surface area contributed by atoms with Gasteiger partial charge >= 0.3 is 0 Å². The van der Waals surface area contributed by atoms with Crippen molar-refractivity contribution in [2.45, 2.75) is 39.5 Å². The van der Waals surface area contributed by atoms with Gasteiger partial charge in [0, 0.05) is 32.3 Å². The number of hydrogen-bond acceptors (Lipinski definition) is 2. The molecule has 0 N–H and O–H groups in total. The van der Waals surface area contributed by atoms with Crippen molar-refractivity contribution in [1.29, 1.82) is 0 Å². The Labute approximate surface area is 394 Å². The summed E-state index contributed by atoms with van der Waals surface area (Å²) in [6.07, 6.45) is 0. The Morgan fingerprint density at radius 2 is 0.647 bits per heavy atom. The van der Waals surface area contributed by atoms with Crippen LogP contribution in [-0.4, -0.2) is 9.97 Å². The van der Waals surface area contributed by atoms with Gasteiger partial charge in [0.15, 0.2) is 0 Å². The van der Waals surface area contributed by atoms with Crippen LogP contribution in [-0.2, 0) is 0 Å². The highest BCUT2D eigenvalue weighted by atomic mass is 14.7. The summed E-state index contributed by atoms with van der Waals surface area (Å²) >= 11 is 0. The first kappa shape index (κ1) is 39.0. The third-order valence-corrected chi connectivity index (χ3v) is 15.1. The summed E-state index contributed by atoms with van der Waals surface area (Å²) in [6.45, 7) is 9.02. The zero-order valence-electron chi connectivity index (χ0n) is 38.5. The summed E-state index contributed by atoms with van der Waals surface area (Å²) in [4.78, 5) is 11.5. The van der Waals surface area contributed by atoms with E-state index in [4.69, 9.17) is 9.97 Å². The van der Waals surface area contributed by atoms with E-state index in [1.54, 1.807) is 0 Å². The van der Waals surface area contributed by atoms with Crippen LogP contribution in [0, 0.1) is 0 Å². The molecule has 0 aliphatic heterocycles. The normalized spacial score (nSPS) is 12.4. The predicted molar refractivity (Wildman–Crippen MR) is 292 cm³/mol. The van der Waals surface area contributed by atoms with E-state index in [1.807, 2.05) is 0 Å². The molecule has 0 spiro atoms. The van der Waals surface area contributed by atoms with Gasteiger partial charge in [-0.15, -0.1) is 0 Å². The number of aromatic nitrogens is 2. The van der Waals surface area contributed by atoms with Gasteiger partial charge in [-0.2, -0.15) is 0 Å². The van der Waals surface area contributed by atoms with Crippen molar-refractivity contribution in [2.75, 3.05) is 0 Å². The second-order valence-corrected chi connectivity index (χ2v) is 19.6. The van der Waals surface area contributed by atoms with Crippen molar-refractivity contribution >= 4 is 97.5 Å². The molecule has 0 aliphatic carbocycles. The lowest BCUT2D eigenvalue weighted by molar-refractivity contribution is 0.867. The average molecular weight is 867 g/mol. The molecule has 2 aromatic heterocycles. The van der Waals surface area contributed by atoms with E-state index >= 15 is 0 Å². The Morgan fingerprint density at radius 3 is 1.06 bits per heavy atom. The highest BCUT2D eigenvalue weighted by Crippen LogP contribution is 2.51. The SMILES string of the molecule is CC(C)c1ccc(-c2ccc3c(c2)c(-c2ccc4ccccc4c2)c2ccc4nc5c6ccc(-c7ccc(C(C)C)cc7)cc6c(-c6ccc7ccccc7c6)c6ccc7nc3c2c4c7c65)cc1. The highest BCUT2D eigenvalue weighted by Gasteiger charge is 2.26. The van der Waals surface area contributed by atoms with Crippen molar-refractivity contribution in [3.8, 4) is 44.5 Å². The fourth-order valence-corrected chi connectivity index (χ4v) is 11.5. The summed E-state index contributed by atoms with van der Waals surface area (Å²) in [7, 11) is 0. The number of hydrogen-bond donors (Lipinski definition) is 0. The lowest BCUT2D eigenvalue weighted by atomic mass is 9.83. The molecule has 320 valence electrons. The summed E-state index contributed by atoms with van der Waals surface area (Å²) in [5, 5.41) is 16.7. The third kappa shape index (κ3) is 5.77. The molecule has 12 aromatic carbocycles. The zero-order chi connectivity index (χ0) is 45.4. The van der Waals surface area contributed by atoms with E-state index in [9.17, 15) is 0 Å². The fraction of sp³-hybridized carbons (Fsp3) is 0.0909. The number of pyridine rings is 2. The molecule has 2 nitrogen and oxygen atoms in total. The number of rotatable bonds is 6. The number of nitrogens with zero attached hydrogens (tertiary/aromatic N) is 2. The second-order valence-electron chi connectivity index (χ2n) is 19.6. The molecule has 0 saturated heterocycles. The molecule has 0 aliphatic rings. The molecule has 0 fully saturated rings. The first-order valence-corrected chi connectivity index (χ1v) is 24.1. The summed E-state index contributed by atoms with van der Waals surface area (Å²) in [6, 6.07) is 72.7. The van der Waals surface area contributed by atoms with E-state index < -0.39 is 0 Å². The van der Waals surface area contributed by atoms with Crippen LogP contribution in [0.5, 0.6) is 0 Å². The van der Waals surface area contributed by atoms with E-state index in [1.165, 1.54) is 120 Å². The molecular formula is C66H46N2. The monoisotopic (exact) mass is 866 g/mol. The Kier molecular flexibility index (Phi) is 8.40. The Balaban J connectivity index is 1.10. The minimum atomic E-state index is 0.477. The van der Waals surface area contributed by atoms with Gasteiger partial charge in [-0.25, -0.2) is 9.97 Å². The van der Waals surface area contributed by atoms with Gasteiger partial charge in [0.2, 0.25) is 0 Å². The van der Waals surface area contributed by atoms with E-state index in [2.05, 4.69) is 222 Å². The minimum absolute atomic E-state index is 0.477. The summed E-state index contributed by atoms with van der Waals surface area (Å²) in [5.74, 6) is 0.953. The quantitative estimate of drug-likeness (QED) is 0.123. The molecule has 2 heterocycles. The maximum Gasteiger partial charge on any atom is 0.0801 e. The first-order valence-electron chi connectivity index (χ1n) is 24.1. The molecule has 14 aromatic rings. The molecule has 0 bridgehead atoms. The van der Waals surface area contributed by atoms with Crippen LogP contribution in [0.1, 0.15) is 50.7 Å². The van der Waals surface area contributed by atoms with Gasteiger partial charge in [-0.1, -0.05) is 185 Å². The van der Waals surface area contributed by atoms with Crippen molar-refractivity contribution in [3.05, 3.63) is 205 Å². The van der Waals surface area contributed by atoms with Crippen LogP contribution in [0.3, 0.4) is 0 Å². The highest BCUT2D eigenvalue weighted by molar-refractivity contribution is 6.41. The van der Waals surface area contributed by atoms with Crippen molar-refractivity contribution < 1.29 is 0 Å². The molecule has 68 heavy (non-hydrogen) atoms. The average Bonchev–Trinajstić information content (AvgIpc) is 3.38. The standard InChI is InChI=1S/C66H46N2/c1-37(2)39-13-17-43(18-14-39)47-25-27-51-55(35-47)59(49-23-21-41-9-5-7-11-45(41)33-49)53-29-31-58-63-61(53)65(51)67-57-32-30-54-60(50-24-22-42-10-6-8-12-46(42)34-50)56-36-48(44-19-15-40(16-20-44)38(3)4)26-28-52(56)66(68-58)62(54)64(57)63/h5-38H,1-4H3. The lowest BCUT2D eigenvalue weighted by Gasteiger charge is -2.22. The molecule has 0 unspecified atom stereocenters. The topological polar surface area (TPSA) is 25.8 Å². The van der Waals surface area contributed by atoms with E-state index in [-0.39, 0.29) is 0 Å². The summed E-state index contributed by atoms with van der Waals surface area (Å²) in [5.41, 5.74) is 16.4. The largest absolute Gasteiger partial charge is 0.247 e. The van der Waals surface area contributed by atoms with Gasteiger partial charge in [-0.3, -0.25) is 0 Å². The van der Waals surface area contributed by atoms with Crippen LogP contribution in [0.25, 0.3) is 142 Å². The van der Waals surface area contributed by atoms with E-state index in [0.29, 0.717) is 11.8 Å². The zero-order valence-corrected chi connectivity index (χ0v) is 38.5. The Hall–Kier alpha value is -8.20. The van der Waals surface area contributed by atoms with Crippen molar-refractivity contribution in [1.82, 2.24) is 9.97 Å². The van der Waals surface area contributed by atoms with Gasteiger partial charge in [0.05, 0.1) is 22.1 Å². The first-order chi connectivity index (χ1) is 33.3. The van der Waals surface area contributed by atoms with Crippen LogP contribution in [0.2, 0.25) is 0 Å². The molecule has 0 saturated carbocycles. The molecule has 0 atom stereocenters. The smallest absolute Gasteiger partial charge is 0.0801 e. The van der Waals surface area contributed by atoms with Gasteiger partial charge in [0.1, 0.15) is 0 Å². The van der Waals surface area contributed by atoms with Crippen LogP contribution >= 0.6 is 0 Å². The minimum Gasteiger partial charge on any atom is -0.247 e. The van der Waals surface area contributed by atoms with Gasteiger partial charge in [0.25, 0.3) is 0 Å². The van der Waals surface area contributed by atoms with Gasteiger partial charge < -0.3 is 0 Å². The predicted octanol–water partition coefficient (Wildman–Crippen LogP) is 18.6. The van der Waals surface area contributed by atoms with Gasteiger partial charge in [-0.05, 0) is 147 Å². The van der Waals surface area contributed by atoms with Crippen LogP contribution in [0.4, 0.5) is 0 Å². The maximum atomic E-state index is 5.75. The maximum absolute atomic E-state index is 5.75. The van der Waals surface area contributed by atoms with Crippen LogP contribution in [0.15, 0.2) is 194 Å². The molecule has 14 rings (SSSR count). The van der Waals surface area contributed by atoms with Crippen molar-refractivity contribution in [3.63, 3.8) is 0 Å². The molecular weight excluding hydrogens is 821 g/mol. The van der Waals surface area contributed by atoms with Crippen LogP contribution < -0.4 is 0 Å². The molecule has 2 heteroatoms. The fourth-order valence-electron chi connectivity index (χ4n) is 11.5. The summed E-state index contributed by atoms with van der Waals surface area (Å²) < 4.78 is 0.